The van der Waals surface area contributed by atoms with Crippen LogP contribution >= 0.6 is 0 Å². The number of benzene rings is 1. The molecule has 0 aliphatic carbocycles. The molecular weight excluding hydrogens is 207 g/mol. The molecule has 1 aromatic rings. The van der Waals surface area contributed by atoms with Crippen LogP contribution in [0.25, 0.3) is 0 Å². The third kappa shape index (κ3) is 4.18. The first kappa shape index (κ1) is 11.1. The minimum absolute atomic E-state index is 0.332. The van der Waals surface area contributed by atoms with Gasteiger partial charge in [0, 0.05) is 5.56 Å². The van der Waals surface area contributed by atoms with E-state index in [4.69, 9.17) is 6.42 Å². The lowest BCUT2D eigenvalue weighted by Crippen LogP contribution is -2.11. The molecule has 0 fully saturated rings. The van der Waals surface area contributed by atoms with Crippen LogP contribution in [0.2, 0.25) is 0 Å². The Balaban J connectivity index is 2.62. The van der Waals surface area contributed by atoms with E-state index >= 15 is 0 Å². The monoisotopic (exact) mass is 213 g/mol. The second kappa shape index (κ2) is 4.51. The minimum atomic E-state index is -4.71. The molecule has 0 aromatic heterocycles. The lowest BCUT2D eigenvalue weighted by atomic mass is 10.2. The smallest absolute Gasteiger partial charge is 0.395 e. The lowest BCUT2D eigenvalue weighted by molar-refractivity contribution is -0.280. The van der Waals surface area contributed by atoms with Crippen LogP contribution < -0.4 is 0 Å². The molecule has 0 N–H and O–H groups in total. The van der Waals surface area contributed by atoms with Gasteiger partial charge in [0.25, 0.3) is 0 Å². The maximum Gasteiger partial charge on any atom is 0.573 e. The van der Waals surface area contributed by atoms with Gasteiger partial charge in [0.05, 0.1) is 5.69 Å². The van der Waals surface area contributed by atoms with Crippen LogP contribution in [0.1, 0.15) is 5.56 Å². The van der Waals surface area contributed by atoms with Gasteiger partial charge in [-0.25, -0.2) is 4.99 Å². The second-order valence-corrected chi connectivity index (χ2v) is 2.49. The van der Waals surface area contributed by atoms with Crippen molar-refractivity contribution >= 4 is 12.1 Å². The summed E-state index contributed by atoms with van der Waals surface area (Å²) in [5.74, 6) is 2.37. The van der Waals surface area contributed by atoms with E-state index in [9.17, 15) is 13.2 Å². The van der Waals surface area contributed by atoms with Crippen molar-refractivity contribution in [2.75, 3.05) is 0 Å². The molecule has 0 saturated carbocycles. The van der Waals surface area contributed by atoms with Gasteiger partial charge in [-0.2, -0.15) is 0 Å². The van der Waals surface area contributed by atoms with Gasteiger partial charge in [0.1, 0.15) is 0 Å². The summed E-state index contributed by atoms with van der Waals surface area (Å²) >= 11 is 0. The van der Waals surface area contributed by atoms with Gasteiger partial charge in [-0.1, -0.05) is 5.92 Å². The molecule has 0 aliphatic rings. The average molecular weight is 213 g/mol. The molecule has 1 rings (SSSR count). The summed E-state index contributed by atoms with van der Waals surface area (Å²) in [6.07, 6.45) is 0.727. The van der Waals surface area contributed by atoms with Crippen molar-refractivity contribution in [3.63, 3.8) is 0 Å². The molecule has 0 bridgehead atoms. The molecule has 0 amide bonds. The molecule has 0 spiro atoms. The summed E-state index contributed by atoms with van der Waals surface area (Å²) in [5.41, 5.74) is 0.962. The van der Waals surface area contributed by atoms with E-state index in [1.807, 2.05) is 0 Å². The molecule has 2 nitrogen and oxygen atoms in total. The fraction of sp³-hybridized carbons (Fsp3) is 0.100. The third-order valence-corrected chi connectivity index (χ3v) is 1.42. The van der Waals surface area contributed by atoms with Crippen LogP contribution in [-0.2, 0) is 4.74 Å². The van der Waals surface area contributed by atoms with Crippen molar-refractivity contribution in [3.8, 4) is 12.3 Å². The van der Waals surface area contributed by atoms with Crippen molar-refractivity contribution in [1.82, 2.24) is 0 Å². The van der Waals surface area contributed by atoms with E-state index < -0.39 is 6.36 Å². The van der Waals surface area contributed by atoms with Crippen molar-refractivity contribution in [2.24, 2.45) is 4.99 Å². The average Bonchev–Trinajstić information content (AvgIpc) is 2.17. The predicted molar refractivity (Wildman–Crippen MR) is 49.7 cm³/mol. The Morgan fingerprint density at radius 1 is 1.27 bits per heavy atom. The van der Waals surface area contributed by atoms with Crippen LogP contribution in [0.15, 0.2) is 29.3 Å². The van der Waals surface area contributed by atoms with Gasteiger partial charge in [-0.3, -0.25) is 0 Å². The maximum absolute atomic E-state index is 11.5. The van der Waals surface area contributed by atoms with Crippen molar-refractivity contribution in [2.45, 2.75) is 6.36 Å². The number of aliphatic imine (C=N–C) groups is 1. The third-order valence-electron chi connectivity index (χ3n) is 1.42. The Morgan fingerprint density at radius 2 is 1.87 bits per heavy atom. The molecule has 78 valence electrons. The summed E-state index contributed by atoms with van der Waals surface area (Å²) in [4.78, 5) is 3.43. The Bertz CT molecular complexity index is 387. The van der Waals surface area contributed by atoms with Crippen LogP contribution in [-0.4, -0.2) is 12.8 Å². The summed E-state index contributed by atoms with van der Waals surface area (Å²) in [6.45, 7) is 0. The zero-order valence-corrected chi connectivity index (χ0v) is 7.45. The molecule has 0 saturated heterocycles. The fourth-order valence-electron chi connectivity index (χ4n) is 0.791. The number of hydrogen-bond acceptors (Lipinski definition) is 2. The van der Waals surface area contributed by atoms with E-state index in [2.05, 4.69) is 15.6 Å². The van der Waals surface area contributed by atoms with Crippen LogP contribution in [0.5, 0.6) is 0 Å². The molecule has 1 aromatic carbocycles. The van der Waals surface area contributed by atoms with Crippen LogP contribution in [0.4, 0.5) is 18.9 Å². The Kier molecular flexibility index (Phi) is 3.34. The highest BCUT2D eigenvalue weighted by atomic mass is 19.4. The molecule has 0 heterocycles. The highest BCUT2D eigenvalue weighted by Crippen LogP contribution is 2.16. The number of terminal acetylenes is 1. The number of hydrogen-bond donors (Lipinski definition) is 0. The first-order valence-corrected chi connectivity index (χ1v) is 3.85. The first-order valence-electron chi connectivity index (χ1n) is 3.85. The molecule has 5 heteroatoms. The van der Waals surface area contributed by atoms with Crippen molar-refractivity contribution in [1.29, 1.82) is 0 Å². The standard InChI is InChI=1S/C10H6F3NO/c1-2-8-3-5-9(6-4-8)14-7-15-10(11,12)13/h1,3-7H. The van der Waals surface area contributed by atoms with E-state index in [-0.39, 0.29) is 0 Å². The SMILES string of the molecule is C#Cc1ccc(N=COC(F)(F)F)cc1. The highest BCUT2D eigenvalue weighted by Gasteiger charge is 2.29. The van der Waals surface area contributed by atoms with Gasteiger partial charge in [0.15, 0.2) is 6.40 Å². The van der Waals surface area contributed by atoms with Gasteiger partial charge >= 0.3 is 6.36 Å². The molecule has 0 radical (unpaired) electrons. The summed E-state index contributed by atoms with van der Waals surface area (Å²) in [6, 6.07) is 6.12. The molecular formula is C10H6F3NO. The molecule has 0 unspecified atom stereocenters. The maximum atomic E-state index is 11.5. The highest BCUT2D eigenvalue weighted by molar-refractivity contribution is 5.56. The first-order chi connectivity index (χ1) is 7.01. The van der Waals surface area contributed by atoms with Crippen LogP contribution in [0.3, 0.4) is 0 Å². The zero-order valence-electron chi connectivity index (χ0n) is 7.45. The Morgan fingerprint density at radius 3 is 2.33 bits per heavy atom. The molecule has 0 atom stereocenters. The molecule has 15 heavy (non-hydrogen) atoms. The van der Waals surface area contributed by atoms with Gasteiger partial charge in [-0.05, 0) is 24.3 Å². The number of halogens is 3. The normalized spacial score (nSPS) is 11.3. The van der Waals surface area contributed by atoms with E-state index in [0.29, 0.717) is 17.7 Å². The van der Waals surface area contributed by atoms with Crippen LogP contribution in [0, 0.1) is 12.3 Å². The summed E-state index contributed by atoms with van der Waals surface area (Å²) in [7, 11) is 0. The summed E-state index contributed by atoms with van der Waals surface area (Å²) in [5, 5.41) is 0. The Labute approximate surface area is 84.4 Å². The Hall–Kier alpha value is -1.96. The quantitative estimate of drug-likeness (QED) is 0.420. The lowest BCUT2D eigenvalue weighted by Gasteiger charge is -2.01. The number of nitrogens with zero attached hydrogens (tertiary/aromatic N) is 1. The topological polar surface area (TPSA) is 21.6 Å². The van der Waals surface area contributed by atoms with Gasteiger partial charge in [0.2, 0.25) is 0 Å². The second-order valence-electron chi connectivity index (χ2n) is 2.49. The van der Waals surface area contributed by atoms with E-state index in [1.165, 1.54) is 12.1 Å². The largest absolute Gasteiger partial charge is 0.573 e. The number of rotatable bonds is 2. The number of ether oxygens (including phenoxy) is 1. The fourth-order valence-corrected chi connectivity index (χ4v) is 0.791. The van der Waals surface area contributed by atoms with Crippen molar-refractivity contribution < 1.29 is 17.9 Å². The predicted octanol–water partition coefficient (Wildman–Crippen LogP) is 2.86. The van der Waals surface area contributed by atoms with Gasteiger partial charge in [-0.15, -0.1) is 19.6 Å². The van der Waals surface area contributed by atoms with E-state index in [1.54, 1.807) is 12.1 Å². The van der Waals surface area contributed by atoms with Crippen molar-refractivity contribution in [3.05, 3.63) is 29.8 Å². The van der Waals surface area contributed by atoms with Gasteiger partial charge < -0.3 is 4.74 Å². The summed E-state index contributed by atoms with van der Waals surface area (Å²) < 4.78 is 38.0. The molecule has 0 aliphatic heterocycles. The number of alkyl halides is 3. The zero-order chi connectivity index (χ0) is 11.3. The minimum Gasteiger partial charge on any atom is -0.395 e. The van der Waals surface area contributed by atoms with E-state index in [0.717, 1.165) is 0 Å².